The summed E-state index contributed by atoms with van der Waals surface area (Å²) in [5.74, 6) is 0. The third-order valence-electron chi connectivity index (χ3n) is 2.13. The quantitative estimate of drug-likeness (QED) is 0.495. The number of rotatable bonds is 0. The molecule has 3 aromatic rings. The molecule has 4 heteroatoms. The van der Waals surface area contributed by atoms with Gasteiger partial charge in [0.15, 0.2) is 5.65 Å². The van der Waals surface area contributed by atoms with Crippen molar-refractivity contribution in [1.29, 1.82) is 0 Å². The van der Waals surface area contributed by atoms with Crippen molar-refractivity contribution in [3.8, 4) is 0 Å². The van der Waals surface area contributed by atoms with Crippen LogP contribution < -0.4 is 0 Å². The van der Waals surface area contributed by atoms with Crippen molar-refractivity contribution < 1.29 is 0 Å². The van der Waals surface area contributed by atoms with Gasteiger partial charge in [-0.25, -0.2) is 19.9 Å². The lowest BCUT2D eigenvalue weighted by Crippen LogP contribution is -1.87. The number of pyridine rings is 2. The highest BCUT2D eigenvalue weighted by Gasteiger charge is 2.01. The van der Waals surface area contributed by atoms with Crippen LogP contribution in [-0.4, -0.2) is 19.9 Å². The minimum absolute atomic E-state index is 0.731. The Labute approximate surface area is 79.7 Å². The smallest absolute Gasteiger partial charge is 0.159 e. The normalized spacial score (nSPS) is 10.9. The molecule has 3 heterocycles. The first-order valence-electron chi connectivity index (χ1n) is 4.24. The molecule has 0 radical (unpaired) electrons. The Balaban J connectivity index is 2.61. The molecule has 0 aromatic carbocycles. The van der Waals surface area contributed by atoms with Crippen molar-refractivity contribution in [3.05, 3.63) is 37.1 Å². The number of hydrogen-bond donors (Lipinski definition) is 0. The van der Waals surface area contributed by atoms with Gasteiger partial charge in [-0.15, -0.1) is 0 Å². The molecule has 0 aliphatic carbocycles. The number of fused-ring (bicyclic) bond motifs is 3. The van der Waals surface area contributed by atoms with Crippen LogP contribution in [0, 0.1) is 0 Å². The summed E-state index contributed by atoms with van der Waals surface area (Å²) >= 11 is 0. The Morgan fingerprint density at radius 1 is 0.929 bits per heavy atom. The highest BCUT2D eigenvalue weighted by Crippen LogP contribution is 2.18. The van der Waals surface area contributed by atoms with Gasteiger partial charge >= 0.3 is 0 Å². The van der Waals surface area contributed by atoms with Crippen LogP contribution in [0.2, 0.25) is 0 Å². The van der Waals surface area contributed by atoms with E-state index in [1.807, 2.05) is 12.1 Å². The van der Waals surface area contributed by atoms with Crippen molar-refractivity contribution >= 4 is 21.9 Å². The maximum absolute atomic E-state index is 4.21. The van der Waals surface area contributed by atoms with Crippen molar-refractivity contribution in [2.45, 2.75) is 0 Å². The predicted octanol–water partition coefficient (Wildman–Crippen LogP) is 1.57. The highest BCUT2D eigenvalue weighted by molar-refractivity contribution is 6.01. The summed E-state index contributed by atoms with van der Waals surface area (Å²) in [4.78, 5) is 16.5. The Kier molecular flexibility index (Phi) is 1.41. The standard InChI is InChI=1S/C10H6N4/c1-2-7-8-4-11-6-14-9(8)5-13-10(7)12-3-1/h1-6H. The minimum atomic E-state index is 0.731. The van der Waals surface area contributed by atoms with E-state index >= 15 is 0 Å². The summed E-state index contributed by atoms with van der Waals surface area (Å²) in [7, 11) is 0. The van der Waals surface area contributed by atoms with Crippen molar-refractivity contribution in [2.75, 3.05) is 0 Å². The van der Waals surface area contributed by atoms with Crippen molar-refractivity contribution in [3.63, 3.8) is 0 Å². The van der Waals surface area contributed by atoms with Crippen LogP contribution >= 0.6 is 0 Å². The Morgan fingerprint density at radius 3 is 2.93 bits per heavy atom. The fourth-order valence-corrected chi connectivity index (χ4v) is 1.48. The lowest BCUT2D eigenvalue weighted by Gasteiger charge is -1.99. The molecule has 0 atom stereocenters. The largest absolute Gasteiger partial charge is 0.244 e. The average molecular weight is 182 g/mol. The molecule has 14 heavy (non-hydrogen) atoms. The van der Waals surface area contributed by atoms with E-state index in [9.17, 15) is 0 Å². The van der Waals surface area contributed by atoms with Gasteiger partial charge in [-0.2, -0.15) is 0 Å². The van der Waals surface area contributed by atoms with E-state index in [4.69, 9.17) is 0 Å². The van der Waals surface area contributed by atoms with Gasteiger partial charge in [0, 0.05) is 23.2 Å². The van der Waals surface area contributed by atoms with Crippen LogP contribution in [0.1, 0.15) is 0 Å². The fraction of sp³-hybridized carbons (Fsp3) is 0. The summed E-state index contributed by atoms with van der Waals surface area (Å²) in [5, 5.41) is 1.98. The van der Waals surface area contributed by atoms with E-state index in [-0.39, 0.29) is 0 Å². The number of aromatic nitrogens is 4. The molecule has 4 nitrogen and oxygen atoms in total. The molecule has 0 bridgehead atoms. The minimum Gasteiger partial charge on any atom is -0.244 e. The van der Waals surface area contributed by atoms with Crippen LogP contribution in [-0.2, 0) is 0 Å². The van der Waals surface area contributed by atoms with E-state index in [0.29, 0.717) is 0 Å². The number of hydrogen-bond acceptors (Lipinski definition) is 4. The summed E-state index contributed by atoms with van der Waals surface area (Å²) in [5.41, 5.74) is 1.58. The molecule has 3 rings (SSSR count). The second kappa shape index (κ2) is 2.70. The Bertz CT molecular complexity index is 551. The topological polar surface area (TPSA) is 51.6 Å². The zero-order valence-corrected chi connectivity index (χ0v) is 7.25. The predicted molar refractivity (Wildman–Crippen MR) is 52.6 cm³/mol. The molecule has 0 N–H and O–H groups in total. The molecule has 66 valence electrons. The van der Waals surface area contributed by atoms with Gasteiger partial charge in [0.1, 0.15) is 6.33 Å². The average Bonchev–Trinajstić information content (AvgIpc) is 2.29. The van der Waals surface area contributed by atoms with E-state index in [1.165, 1.54) is 6.33 Å². The molecule has 3 aromatic heterocycles. The van der Waals surface area contributed by atoms with Gasteiger partial charge < -0.3 is 0 Å². The molecule has 0 unspecified atom stereocenters. The van der Waals surface area contributed by atoms with E-state index in [1.54, 1.807) is 18.6 Å². The SMILES string of the molecule is c1cnc2ncc3ncncc3c2c1. The maximum atomic E-state index is 4.21. The molecule has 0 spiro atoms. The summed E-state index contributed by atoms with van der Waals surface area (Å²) in [6.07, 6.45) is 6.75. The van der Waals surface area contributed by atoms with Gasteiger partial charge in [0.25, 0.3) is 0 Å². The number of nitrogens with zero attached hydrogens (tertiary/aromatic N) is 4. The van der Waals surface area contributed by atoms with Gasteiger partial charge in [-0.1, -0.05) is 0 Å². The molecule has 0 aliphatic heterocycles. The van der Waals surface area contributed by atoms with Gasteiger partial charge in [0.2, 0.25) is 0 Å². The second-order valence-corrected chi connectivity index (χ2v) is 2.95. The Morgan fingerprint density at radius 2 is 1.93 bits per heavy atom. The van der Waals surface area contributed by atoms with Gasteiger partial charge in [-0.05, 0) is 12.1 Å². The first-order valence-corrected chi connectivity index (χ1v) is 4.24. The maximum Gasteiger partial charge on any atom is 0.159 e. The monoisotopic (exact) mass is 182 g/mol. The first-order chi connectivity index (χ1) is 6.95. The lowest BCUT2D eigenvalue weighted by atomic mass is 10.2. The molecular weight excluding hydrogens is 176 g/mol. The molecule has 0 fully saturated rings. The van der Waals surface area contributed by atoms with E-state index in [2.05, 4.69) is 19.9 Å². The van der Waals surface area contributed by atoms with Crippen LogP contribution in [0.5, 0.6) is 0 Å². The molecular formula is C10H6N4. The van der Waals surface area contributed by atoms with E-state index in [0.717, 1.165) is 21.9 Å². The van der Waals surface area contributed by atoms with E-state index < -0.39 is 0 Å². The summed E-state index contributed by atoms with van der Waals surface area (Å²) in [6.45, 7) is 0. The van der Waals surface area contributed by atoms with Crippen LogP contribution in [0.3, 0.4) is 0 Å². The van der Waals surface area contributed by atoms with Gasteiger partial charge in [0.05, 0.1) is 11.7 Å². The molecule has 0 saturated heterocycles. The molecule has 0 amide bonds. The fourth-order valence-electron chi connectivity index (χ4n) is 1.48. The third kappa shape index (κ3) is 0.939. The molecule has 0 saturated carbocycles. The van der Waals surface area contributed by atoms with Crippen molar-refractivity contribution in [2.24, 2.45) is 0 Å². The summed E-state index contributed by atoms with van der Waals surface area (Å²) < 4.78 is 0. The first kappa shape index (κ1) is 7.32. The lowest BCUT2D eigenvalue weighted by molar-refractivity contribution is 1.21. The van der Waals surface area contributed by atoms with Crippen LogP contribution in [0.4, 0.5) is 0 Å². The Hall–Kier alpha value is -2.10. The zero-order chi connectivity index (χ0) is 9.38. The zero-order valence-electron chi connectivity index (χ0n) is 7.25. The van der Waals surface area contributed by atoms with Crippen LogP contribution in [0.15, 0.2) is 37.1 Å². The summed E-state index contributed by atoms with van der Waals surface area (Å²) in [6, 6.07) is 3.86. The molecule has 0 aliphatic rings. The van der Waals surface area contributed by atoms with Crippen molar-refractivity contribution in [1.82, 2.24) is 19.9 Å². The third-order valence-corrected chi connectivity index (χ3v) is 2.13. The second-order valence-electron chi connectivity index (χ2n) is 2.95. The highest BCUT2D eigenvalue weighted by atomic mass is 14.9. The van der Waals surface area contributed by atoms with Gasteiger partial charge in [-0.3, -0.25) is 0 Å². The van der Waals surface area contributed by atoms with Crippen LogP contribution in [0.25, 0.3) is 21.9 Å².